The number of alkyl carbamates (subject to hydrolysis) is 1. The fraction of sp³-hybridized carbons (Fsp3) is 0.704. The highest BCUT2D eigenvalue weighted by atomic mass is 16.6. The van der Waals surface area contributed by atoms with Crippen molar-refractivity contribution in [3.8, 4) is 11.5 Å². The quantitative estimate of drug-likeness (QED) is 0.308. The van der Waals surface area contributed by atoms with Crippen LogP contribution in [-0.2, 0) is 25.4 Å². The Labute approximate surface area is 210 Å². The topological polar surface area (TPSA) is 92.3 Å². The maximum Gasteiger partial charge on any atom is 0.408 e. The van der Waals surface area contributed by atoms with Gasteiger partial charge in [0.15, 0.2) is 11.5 Å². The van der Waals surface area contributed by atoms with E-state index >= 15 is 0 Å². The first-order valence-electron chi connectivity index (χ1n) is 12.5. The van der Waals surface area contributed by atoms with Crippen molar-refractivity contribution >= 4 is 12.1 Å². The molecule has 1 N–H and O–H groups in total. The molecule has 3 atom stereocenters. The van der Waals surface area contributed by atoms with Crippen LogP contribution in [0.15, 0.2) is 18.2 Å². The number of carbonyl (C=O) groups is 2. The van der Waals surface area contributed by atoms with Gasteiger partial charge in [0.2, 0.25) is 0 Å². The van der Waals surface area contributed by atoms with E-state index in [1.165, 1.54) is 0 Å². The standard InChI is InChI=1S/C27H43NO7/c1-18(2)20(15-19-9-10-23(32-7)24(16-19)33-14-8-13-31-6)17-21(22-11-12-25(29)34-22)28-26(30)35-27(3,4)5/h9-10,16,18,20-22H,8,11-15,17H2,1-7H3,(H,28,30). The van der Waals surface area contributed by atoms with Crippen LogP contribution in [0, 0.1) is 11.8 Å². The number of hydrogen-bond donors (Lipinski definition) is 1. The van der Waals surface area contributed by atoms with Gasteiger partial charge >= 0.3 is 12.1 Å². The molecule has 0 spiro atoms. The van der Waals surface area contributed by atoms with Crippen molar-refractivity contribution < 1.29 is 33.3 Å². The van der Waals surface area contributed by atoms with Gasteiger partial charge in [0.25, 0.3) is 0 Å². The van der Waals surface area contributed by atoms with Gasteiger partial charge in [-0.25, -0.2) is 4.79 Å². The number of cyclic esters (lactones) is 1. The molecule has 8 heteroatoms. The Morgan fingerprint density at radius 3 is 2.49 bits per heavy atom. The molecule has 0 radical (unpaired) electrons. The Bertz CT molecular complexity index is 818. The summed E-state index contributed by atoms with van der Waals surface area (Å²) in [5, 5.41) is 2.98. The molecule has 1 aliphatic heterocycles. The molecule has 1 aliphatic rings. The number of ether oxygens (including phenoxy) is 5. The van der Waals surface area contributed by atoms with Crippen molar-refractivity contribution in [3.05, 3.63) is 23.8 Å². The maximum absolute atomic E-state index is 12.6. The van der Waals surface area contributed by atoms with E-state index in [4.69, 9.17) is 23.7 Å². The number of hydrogen-bond acceptors (Lipinski definition) is 7. The predicted molar refractivity (Wildman–Crippen MR) is 134 cm³/mol. The van der Waals surface area contributed by atoms with Crippen LogP contribution in [0.3, 0.4) is 0 Å². The first-order valence-corrected chi connectivity index (χ1v) is 12.5. The van der Waals surface area contributed by atoms with Crippen molar-refractivity contribution in [1.82, 2.24) is 5.32 Å². The zero-order valence-corrected chi connectivity index (χ0v) is 22.3. The fourth-order valence-electron chi connectivity index (χ4n) is 4.16. The van der Waals surface area contributed by atoms with Gasteiger partial charge in [-0.1, -0.05) is 19.9 Å². The molecule has 2 rings (SSSR count). The first-order chi connectivity index (χ1) is 16.5. The molecule has 1 aromatic rings. The van der Waals surface area contributed by atoms with Crippen LogP contribution in [0.4, 0.5) is 4.79 Å². The van der Waals surface area contributed by atoms with E-state index in [1.807, 2.05) is 39.0 Å². The summed E-state index contributed by atoms with van der Waals surface area (Å²) in [5.41, 5.74) is 0.506. The number of esters is 1. The van der Waals surface area contributed by atoms with Crippen molar-refractivity contribution in [1.29, 1.82) is 0 Å². The molecule has 198 valence electrons. The summed E-state index contributed by atoms with van der Waals surface area (Å²) in [6, 6.07) is 5.66. The summed E-state index contributed by atoms with van der Waals surface area (Å²) >= 11 is 0. The van der Waals surface area contributed by atoms with Crippen molar-refractivity contribution in [3.63, 3.8) is 0 Å². The summed E-state index contributed by atoms with van der Waals surface area (Å²) < 4.78 is 27.5. The van der Waals surface area contributed by atoms with Crippen LogP contribution in [0.1, 0.15) is 65.9 Å². The molecule has 35 heavy (non-hydrogen) atoms. The Hall–Kier alpha value is -2.48. The van der Waals surface area contributed by atoms with Gasteiger partial charge in [-0.05, 0) is 69.6 Å². The molecule has 0 saturated carbocycles. The molecule has 1 fully saturated rings. The van der Waals surface area contributed by atoms with Crippen LogP contribution in [0.5, 0.6) is 11.5 Å². The second-order valence-corrected chi connectivity index (χ2v) is 10.4. The van der Waals surface area contributed by atoms with Gasteiger partial charge in [0, 0.05) is 26.6 Å². The van der Waals surface area contributed by atoms with Gasteiger partial charge in [-0.15, -0.1) is 0 Å². The van der Waals surface area contributed by atoms with Crippen LogP contribution in [-0.4, -0.2) is 57.2 Å². The van der Waals surface area contributed by atoms with Crippen molar-refractivity contribution in [2.75, 3.05) is 27.4 Å². The summed E-state index contributed by atoms with van der Waals surface area (Å²) in [4.78, 5) is 24.4. The number of amides is 1. The highest BCUT2D eigenvalue weighted by Crippen LogP contribution is 2.32. The minimum Gasteiger partial charge on any atom is -0.493 e. The molecular formula is C27H43NO7. The second-order valence-electron chi connectivity index (χ2n) is 10.4. The lowest BCUT2D eigenvalue weighted by atomic mass is 9.82. The molecular weight excluding hydrogens is 450 g/mol. The smallest absolute Gasteiger partial charge is 0.408 e. The van der Waals surface area contributed by atoms with Gasteiger partial charge in [0.05, 0.1) is 19.8 Å². The van der Waals surface area contributed by atoms with E-state index in [2.05, 4.69) is 19.2 Å². The zero-order valence-electron chi connectivity index (χ0n) is 22.3. The number of benzene rings is 1. The third-order valence-corrected chi connectivity index (χ3v) is 6.04. The monoisotopic (exact) mass is 493 g/mol. The normalized spacial score (nSPS) is 17.6. The highest BCUT2D eigenvalue weighted by Gasteiger charge is 2.35. The van der Waals surface area contributed by atoms with Crippen LogP contribution < -0.4 is 14.8 Å². The van der Waals surface area contributed by atoms with Crippen LogP contribution in [0.2, 0.25) is 0 Å². The number of methoxy groups -OCH3 is 2. The number of rotatable bonds is 13. The van der Waals surface area contributed by atoms with Crippen molar-refractivity contribution in [2.24, 2.45) is 11.8 Å². The largest absolute Gasteiger partial charge is 0.493 e. The molecule has 0 aliphatic carbocycles. The lowest BCUT2D eigenvalue weighted by Crippen LogP contribution is -2.47. The molecule has 8 nitrogen and oxygen atoms in total. The predicted octanol–water partition coefficient (Wildman–Crippen LogP) is 4.91. The highest BCUT2D eigenvalue weighted by molar-refractivity contribution is 5.72. The number of carbonyl (C=O) groups excluding carboxylic acids is 2. The Kier molecular flexibility index (Phi) is 11.1. The van der Waals surface area contributed by atoms with E-state index in [1.54, 1.807) is 14.2 Å². The summed E-state index contributed by atoms with van der Waals surface area (Å²) in [5.74, 6) is 1.73. The first kappa shape index (κ1) is 28.8. The average molecular weight is 494 g/mol. The van der Waals surface area contributed by atoms with E-state index in [0.29, 0.717) is 49.9 Å². The lowest BCUT2D eigenvalue weighted by molar-refractivity contribution is -0.142. The molecule has 0 bridgehead atoms. The molecule has 0 aromatic heterocycles. The van der Waals surface area contributed by atoms with Gasteiger partial charge < -0.3 is 29.0 Å². The van der Waals surface area contributed by atoms with Gasteiger partial charge in [-0.2, -0.15) is 0 Å². The maximum atomic E-state index is 12.6. The number of nitrogens with one attached hydrogen (secondary N) is 1. The van der Waals surface area contributed by atoms with Crippen molar-refractivity contribution in [2.45, 2.75) is 84.5 Å². The van der Waals surface area contributed by atoms with E-state index < -0.39 is 11.7 Å². The minimum atomic E-state index is -0.610. The lowest BCUT2D eigenvalue weighted by Gasteiger charge is -2.31. The van der Waals surface area contributed by atoms with Crippen LogP contribution in [0.25, 0.3) is 0 Å². The molecule has 1 aromatic carbocycles. The van der Waals surface area contributed by atoms with Gasteiger partial charge in [0.1, 0.15) is 11.7 Å². The molecule has 1 heterocycles. The Morgan fingerprint density at radius 2 is 1.91 bits per heavy atom. The molecule has 1 saturated heterocycles. The average Bonchev–Trinajstić information content (AvgIpc) is 3.20. The van der Waals surface area contributed by atoms with Crippen LogP contribution >= 0.6 is 0 Å². The third kappa shape index (κ3) is 9.96. The fourth-order valence-corrected chi connectivity index (χ4v) is 4.16. The summed E-state index contributed by atoms with van der Waals surface area (Å²) in [6.07, 6.45) is 2.33. The molecule has 1 amide bonds. The second kappa shape index (κ2) is 13.6. The SMILES string of the molecule is COCCCOc1cc(CC(CC(NC(=O)OC(C)(C)C)C2CCC(=O)O2)C(C)C)ccc1OC. The van der Waals surface area contributed by atoms with E-state index in [9.17, 15) is 9.59 Å². The van der Waals surface area contributed by atoms with E-state index in [0.717, 1.165) is 18.4 Å². The zero-order chi connectivity index (χ0) is 26.0. The summed E-state index contributed by atoms with van der Waals surface area (Å²) in [7, 11) is 3.30. The Morgan fingerprint density at radius 1 is 1.17 bits per heavy atom. The third-order valence-electron chi connectivity index (χ3n) is 6.04. The Balaban J connectivity index is 2.16. The summed E-state index contributed by atoms with van der Waals surface area (Å²) in [6.45, 7) is 11.0. The molecule has 3 unspecified atom stereocenters. The van der Waals surface area contributed by atoms with E-state index in [-0.39, 0.29) is 24.0 Å². The van der Waals surface area contributed by atoms with Gasteiger partial charge in [-0.3, -0.25) is 4.79 Å². The minimum absolute atomic E-state index is 0.225.